The zero-order chi connectivity index (χ0) is 16.8. The highest BCUT2D eigenvalue weighted by Gasteiger charge is 2.21. The van der Waals surface area contributed by atoms with Gasteiger partial charge in [-0.2, -0.15) is 0 Å². The molecule has 0 fully saturated rings. The third-order valence-corrected chi connectivity index (χ3v) is 5.35. The Hall–Kier alpha value is -0.310. The van der Waals surface area contributed by atoms with Crippen molar-refractivity contribution in [3.05, 3.63) is 18.7 Å². The van der Waals surface area contributed by atoms with E-state index in [1.165, 1.54) is 83.5 Å². The second-order valence-corrected chi connectivity index (χ2v) is 7.34. The minimum Gasteiger partial charge on any atom is -1.00 e. The topological polar surface area (TPSA) is 19.7 Å². The summed E-state index contributed by atoms with van der Waals surface area (Å²) in [5.74, 6) is 0.763. The van der Waals surface area contributed by atoms with Crippen LogP contribution < -0.4 is 21.5 Å². The lowest BCUT2D eigenvalue weighted by molar-refractivity contribution is -0.729. The number of halogens is 1. The van der Waals surface area contributed by atoms with E-state index in [9.17, 15) is 0 Å². The Morgan fingerprint density at radius 2 is 1.38 bits per heavy atom. The summed E-state index contributed by atoms with van der Waals surface area (Å²) in [4.78, 5) is 3.20. The summed E-state index contributed by atoms with van der Waals surface area (Å²) in [6.45, 7) is 7.00. The zero-order valence-electron chi connectivity index (χ0n) is 16.4. The molecule has 2 nitrogen and oxygen atoms in total. The average molecular weight is 401 g/mol. The number of aromatic nitrogens is 2. The van der Waals surface area contributed by atoms with Crippen LogP contribution in [-0.2, 0) is 0 Å². The Morgan fingerprint density at radius 3 is 1.83 bits per heavy atom. The maximum absolute atomic E-state index is 3.20. The van der Waals surface area contributed by atoms with Crippen molar-refractivity contribution in [2.24, 2.45) is 5.92 Å². The first-order valence-electron chi connectivity index (χ1n) is 10.3. The van der Waals surface area contributed by atoms with Crippen molar-refractivity contribution in [1.82, 2.24) is 4.98 Å². The largest absolute Gasteiger partial charge is 1.00 e. The summed E-state index contributed by atoms with van der Waals surface area (Å²) < 4.78 is 2.38. The van der Waals surface area contributed by atoms with Crippen molar-refractivity contribution < 1.29 is 21.5 Å². The van der Waals surface area contributed by atoms with Gasteiger partial charge < -0.3 is 17.0 Å². The maximum Gasteiger partial charge on any atom is 0.241 e. The van der Waals surface area contributed by atoms with Crippen LogP contribution in [0.25, 0.3) is 0 Å². The monoisotopic (exact) mass is 400 g/mol. The fourth-order valence-electron chi connectivity index (χ4n) is 3.52. The third kappa shape index (κ3) is 10.5. The standard InChI is InChI=1S/C21H40N2.BrH/c1-4-6-7-8-9-10-11-12-13-14-15-16-21(20(3)5-2)23-18-17-22-19-23;/h17-21H,4-16H2,1-3H3;1H. The predicted molar refractivity (Wildman–Crippen MR) is 101 cm³/mol. The summed E-state index contributed by atoms with van der Waals surface area (Å²) in [6, 6.07) is 0.671. The molecule has 2 unspecified atom stereocenters. The molecule has 1 N–H and O–H groups in total. The van der Waals surface area contributed by atoms with E-state index < -0.39 is 0 Å². The van der Waals surface area contributed by atoms with E-state index in [-0.39, 0.29) is 17.0 Å². The highest BCUT2D eigenvalue weighted by molar-refractivity contribution is 4.64. The van der Waals surface area contributed by atoms with Crippen molar-refractivity contribution in [3.8, 4) is 0 Å². The summed E-state index contributed by atoms with van der Waals surface area (Å²) in [5.41, 5.74) is 0. The Kier molecular flexibility index (Phi) is 16.0. The lowest BCUT2D eigenvalue weighted by Crippen LogP contribution is -3.00. The molecule has 142 valence electrons. The molecule has 0 saturated carbocycles. The molecule has 0 bridgehead atoms. The van der Waals surface area contributed by atoms with Crippen LogP contribution in [0.2, 0.25) is 0 Å². The SMILES string of the molecule is CCCCCCCCCCCCCC(C(C)CC)[n+]1cc[nH]c1.[Br-]. The molecule has 1 aromatic rings. The molecule has 0 aliphatic rings. The molecule has 0 radical (unpaired) electrons. The Bertz CT molecular complexity index is 351. The first-order valence-corrected chi connectivity index (χ1v) is 10.3. The van der Waals surface area contributed by atoms with Gasteiger partial charge in [0.2, 0.25) is 6.33 Å². The number of nitrogens with zero attached hydrogens (tertiary/aromatic N) is 1. The molecule has 1 aromatic heterocycles. The number of hydrogen-bond acceptors (Lipinski definition) is 0. The van der Waals surface area contributed by atoms with Crippen LogP contribution in [0.5, 0.6) is 0 Å². The molecule has 2 atom stereocenters. The van der Waals surface area contributed by atoms with Gasteiger partial charge in [-0.25, -0.2) is 4.57 Å². The van der Waals surface area contributed by atoms with Crippen molar-refractivity contribution in [3.63, 3.8) is 0 Å². The number of hydrogen-bond donors (Lipinski definition) is 1. The molecule has 1 heterocycles. The quantitative estimate of drug-likeness (QED) is 0.342. The highest BCUT2D eigenvalue weighted by atomic mass is 79.9. The van der Waals surface area contributed by atoms with Crippen molar-refractivity contribution >= 4 is 0 Å². The van der Waals surface area contributed by atoms with E-state index in [1.807, 2.05) is 6.20 Å². The van der Waals surface area contributed by atoms with Crippen LogP contribution in [0.3, 0.4) is 0 Å². The van der Waals surface area contributed by atoms with Crippen molar-refractivity contribution in [2.75, 3.05) is 0 Å². The van der Waals surface area contributed by atoms with Gasteiger partial charge in [0.25, 0.3) is 0 Å². The minimum absolute atomic E-state index is 0. The molecule has 0 aliphatic carbocycles. The van der Waals surface area contributed by atoms with Crippen LogP contribution in [-0.4, -0.2) is 4.98 Å². The van der Waals surface area contributed by atoms with Gasteiger partial charge >= 0.3 is 0 Å². The van der Waals surface area contributed by atoms with Crippen LogP contribution in [0, 0.1) is 5.92 Å². The summed E-state index contributed by atoms with van der Waals surface area (Å²) >= 11 is 0. The highest BCUT2D eigenvalue weighted by Crippen LogP contribution is 2.22. The van der Waals surface area contributed by atoms with Gasteiger partial charge in [-0.3, -0.25) is 4.98 Å². The normalized spacial score (nSPS) is 13.5. The number of rotatable bonds is 15. The molecule has 0 aliphatic heterocycles. The second kappa shape index (κ2) is 16.2. The molecule has 0 saturated heterocycles. The van der Waals surface area contributed by atoms with E-state index >= 15 is 0 Å². The van der Waals surface area contributed by atoms with Crippen LogP contribution in [0.15, 0.2) is 18.7 Å². The molecular formula is C21H41BrN2. The Balaban J connectivity index is 0.00000529. The van der Waals surface area contributed by atoms with Gasteiger partial charge in [0.15, 0.2) is 0 Å². The second-order valence-electron chi connectivity index (χ2n) is 7.34. The van der Waals surface area contributed by atoms with E-state index in [0.717, 1.165) is 5.92 Å². The van der Waals surface area contributed by atoms with Crippen LogP contribution in [0.4, 0.5) is 0 Å². The minimum atomic E-state index is 0. The van der Waals surface area contributed by atoms with Crippen molar-refractivity contribution in [1.29, 1.82) is 0 Å². The molecule has 0 aromatic carbocycles. The summed E-state index contributed by atoms with van der Waals surface area (Å²) in [6.07, 6.45) is 24.7. The molecule has 3 heteroatoms. The van der Waals surface area contributed by atoms with E-state index in [1.54, 1.807) is 0 Å². The number of nitrogens with one attached hydrogen (secondary N) is 1. The van der Waals surface area contributed by atoms with Crippen LogP contribution in [0.1, 0.15) is 110 Å². The number of imidazole rings is 1. The van der Waals surface area contributed by atoms with Crippen LogP contribution >= 0.6 is 0 Å². The average Bonchev–Trinajstić information content (AvgIpc) is 3.09. The maximum atomic E-state index is 3.20. The van der Waals surface area contributed by atoms with Gasteiger partial charge in [-0.1, -0.05) is 85.0 Å². The van der Waals surface area contributed by atoms with Gasteiger partial charge in [-0.15, -0.1) is 0 Å². The first kappa shape index (κ1) is 23.7. The molecular weight excluding hydrogens is 360 g/mol. The molecule has 0 spiro atoms. The lowest BCUT2D eigenvalue weighted by atomic mass is 9.93. The van der Waals surface area contributed by atoms with Gasteiger partial charge in [-0.05, 0) is 25.2 Å². The van der Waals surface area contributed by atoms with Gasteiger partial charge in [0.05, 0.1) is 0 Å². The van der Waals surface area contributed by atoms with Crippen molar-refractivity contribution in [2.45, 2.75) is 110 Å². The zero-order valence-corrected chi connectivity index (χ0v) is 18.0. The Labute approximate surface area is 161 Å². The third-order valence-electron chi connectivity index (χ3n) is 5.35. The lowest BCUT2D eigenvalue weighted by Gasteiger charge is -2.19. The fraction of sp³-hybridized carbons (Fsp3) is 0.857. The van der Waals surface area contributed by atoms with Gasteiger partial charge in [0, 0.05) is 0 Å². The van der Waals surface area contributed by atoms with E-state index in [2.05, 4.69) is 42.8 Å². The summed E-state index contributed by atoms with van der Waals surface area (Å²) in [7, 11) is 0. The van der Waals surface area contributed by atoms with Gasteiger partial charge in [0.1, 0.15) is 18.4 Å². The van der Waals surface area contributed by atoms with E-state index in [0.29, 0.717) is 6.04 Å². The number of aromatic amines is 1. The number of unbranched alkanes of at least 4 members (excludes halogenated alkanes) is 10. The molecule has 0 amide bonds. The Morgan fingerprint density at radius 1 is 0.833 bits per heavy atom. The molecule has 24 heavy (non-hydrogen) atoms. The molecule has 1 rings (SSSR count). The number of H-pyrrole nitrogens is 1. The smallest absolute Gasteiger partial charge is 0.241 e. The predicted octanol–water partition coefficient (Wildman–Crippen LogP) is 3.59. The summed E-state index contributed by atoms with van der Waals surface area (Å²) in [5, 5.41) is 0. The fourth-order valence-corrected chi connectivity index (χ4v) is 3.52. The van der Waals surface area contributed by atoms with E-state index in [4.69, 9.17) is 0 Å². The first-order chi connectivity index (χ1) is 11.3.